The van der Waals surface area contributed by atoms with Crippen molar-refractivity contribution in [2.75, 3.05) is 23.7 Å². The van der Waals surface area contributed by atoms with Crippen molar-refractivity contribution < 1.29 is 18.0 Å². The SMILES string of the molecule is CCCCNC(=O)[C@H](C)N(Cc1ccc(Cl)cc1)C(=O)CN(c1ccccc1Cl)S(C)(=O)=O. The Labute approximate surface area is 205 Å². The number of nitrogens with zero attached hydrogens (tertiary/aromatic N) is 2. The number of anilines is 1. The summed E-state index contributed by atoms with van der Waals surface area (Å²) in [5.41, 5.74) is 0.950. The van der Waals surface area contributed by atoms with E-state index in [9.17, 15) is 18.0 Å². The van der Waals surface area contributed by atoms with Gasteiger partial charge in [0, 0.05) is 18.1 Å². The van der Waals surface area contributed by atoms with Gasteiger partial charge in [-0.2, -0.15) is 0 Å². The van der Waals surface area contributed by atoms with Crippen molar-refractivity contribution in [3.05, 3.63) is 64.1 Å². The number of carbonyl (C=O) groups excluding carboxylic acids is 2. The Morgan fingerprint density at radius 2 is 1.70 bits per heavy atom. The fourth-order valence-electron chi connectivity index (χ4n) is 3.15. The van der Waals surface area contributed by atoms with Crippen LogP contribution in [0.4, 0.5) is 5.69 Å². The summed E-state index contributed by atoms with van der Waals surface area (Å²) in [5, 5.41) is 3.58. The summed E-state index contributed by atoms with van der Waals surface area (Å²) in [6.45, 7) is 3.74. The van der Waals surface area contributed by atoms with Gasteiger partial charge in [-0.25, -0.2) is 8.42 Å². The second-order valence-electron chi connectivity index (χ2n) is 7.69. The van der Waals surface area contributed by atoms with E-state index in [1.54, 1.807) is 49.4 Å². The molecule has 10 heteroatoms. The van der Waals surface area contributed by atoms with Crippen LogP contribution in [0.15, 0.2) is 48.5 Å². The van der Waals surface area contributed by atoms with Gasteiger partial charge in [0.15, 0.2) is 0 Å². The van der Waals surface area contributed by atoms with E-state index >= 15 is 0 Å². The zero-order valence-electron chi connectivity index (χ0n) is 18.9. The minimum absolute atomic E-state index is 0.110. The smallest absolute Gasteiger partial charge is 0.244 e. The lowest BCUT2D eigenvalue weighted by molar-refractivity contribution is -0.139. The molecule has 0 saturated carbocycles. The minimum atomic E-state index is -3.83. The Bertz CT molecular complexity index is 1060. The lowest BCUT2D eigenvalue weighted by Crippen LogP contribution is -2.51. The minimum Gasteiger partial charge on any atom is -0.354 e. The average Bonchev–Trinajstić information content (AvgIpc) is 2.76. The molecule has 0 unspecified atom stereocenters. The first kappa shape index (κ1) is 27.0. The molecule has 180 valence electrons. The summed E-state index contributed by atoms with van der Waals surface area (Å²) in [4.78, 5) is 27.5. The van der Waals surface area contributed by atoms with Crippen molar-refractivity contribution in [3.8, 4) is 0 Å². The molecule has 33 heavy (non-hydrogen) atoms. The highest BCUT2D eigenvalue weighted by Gasteiger charge is 2.30. The molecule has 0 aromatic heterocycles. The molecule has 0 fully saturated rings. The van der Waals surface area contributed by atoms with Crippen LogP contribution in [-0.4, -0.2) is 50.5 Å². The predicted molar refractivity (Wildman–Crippen MR) is 133 cm³/mol. The average molecular weight is 514 g/mol. The molecule has 0 aliphatic carbocycles. The Balaban J connectivity index is 2.34. The van der Waals surface area contributed by atoms with Crippen molar-refractivity contribution in [2.24, 2.45) is 0 Å². The second kappa shape index (κ2) is 12.3. The van der Waals surface area contributed by atoms with Crippen LogP contribution in [0.25, 0.3) is 0 Å². The normalized spacial score (nSPS) is 12.2. The molecule has 1 N–H and O–H groups in total. The maximum Gasteiger partial charge on any atom is 0.244 e. The van der Waals surface area contributed by atoms with E-state index in [-0.39, 0.29) is 23.2 Å². The monoisotopic (exact) mass is 513 g/mol. The quantitative estimate of drug-likeness (QED) is 0.458. The highest BCUT2D eigenvalue weighted by molar-refractivity contribution is 7.92. The zero-order chi connectivity index (χ0) is 24.6. The topological polar surface area (TPSA) is 86.8 Å². The number of benzene rings is 2. The number of halogens is 2. The van der Waals surface area contributed by atoms with E-state index in [0.717, 1.165) is 29.0 Å². The Morgan fingerprint density at radius 1 is 1.06 bits per heavy atom. The summed E-state index contributed by atoms with van der Waals surface area (Å²) in [6.07, 6.45) is 2.75. The third-order valence-corrected chi connectivity index (χ3v) is 6.76. The lowest BCUT2D eigenvalue weighted by Gasteiger charge is -2.31. The maximum absolute atomic E-state index is 13.4. The van der Waals surface area contributed by atoms with E-state index in [1.165, 1.54) is 11.0 Å². The molecule has 0 aliphatic rings. The van der Waals surface area contributed by atoms with Gasteiger partial charge < -0.3 is 10.2 Å². The van der Waals surface area contributed by atoms with Crippen LogP contribution in [0, 0.1) is 0 Å². The molecule has 1 atom stereocenters. The standard InChI is InChI=1S/C23H29Cl2N3O4S/c1-4-5-14-26-23(30)17(2)27(15-18-10-12-19(24)13-11-18)22(29)16-28(33(3,31)32)21-9-7-6-8-20(21)25/h6-13,17H,4-5,14-16H2,1-3H3,(H,26,30)/t17-/m0/s1. The summed E-state index contributed by atoms with van der Waals surface area (Å²) < 4.78 is 26.0. The third kappa shape index (κ3) is 7.91. The van der Waals surface area contributed by atoms with E-state index < -0.39 is 28.5 Å². The number of carbonyl (C=O) groups is 2. The molecular weight excluding hydrogens is 485 g/mol. The van der Waals surface area contributed by atoms with Crippen LogP contribution >= 0.6 is 23.2 Å². The summed E-state index contributed by atoms with van der Waals surface area (Å²) in [7, 11) is -3.83. The van der Waals surface area contributed by atoms with Gasteiger partial charge >= 0.3 is 0 Å². The molecule has 0 bridgehead atoms. The maximum atomic E-state index is 13.4. The largest absolute Gasteiger partial charge is 0.354 e. The molecule has 7 nitrogen and oxygen atoms in total. The van der Waals surface area contributed by atoms with Gasteiger partial charge in [-0.3, -0.25) is 13.9 Å². The van der Waals surface area contributed by atoms with Gasteiger partial charge in [0.2, 0.25) is 21.8 Å². The lowest BCUT2D eigenvalue weighted by atomic mass is 10.1. The number of unbranched alkanes of at least 4 members (excludes halogenated alkanes) is 1. The van der Waals surface area contributed by atoms with Gasteiger partial charge in [-0.1, -0.05) is 60.8 Å². The molecule has 0 aliphatic heterocycles. The van der Waals surface area contributed by atoms with Crippen molar-refractivity contribution in [1.29, 1.82) is 0 Å². The van der Waals surface area contributed by atoms with Gasteiger partial charge in [0.25, 0.3) is 0 Å². The third-order valence-electron chi connectivity index (χ3n) is 5.06. The molecular formula is C23H29Cl2N3O4S. The first-order chi connectivity index (χ1) is 15.5. The number of hydrogen-bond acceptors (Lipinski definition) is 4. The van der Waals surface area contributed by atoms with Crippen LogP contribution in [0.1, 0.15) is 32.3 Å². The van der Waals surface area contributed by atoms with Crippen molar-refractivity contribution in [2.45, 2.75) is 39.3 Å². The van der Waals surface area contributed by atoms with Gasteiger partial charge in [0.1, 0.15) is 12.6 Å². The van der Waals surface area contributed by atoms with Crippen molar-refractivity contribution >= 4 is 50.7 Å². The first-order valence-corrected chi connectivity index (χ1v) is 13.2. The fraction of sp³-hybridized carbons (Fsp3) is 0.391. The number of sulfonamides is 1. The molecule has 0 radical (unpaired) electrons. The molecule has 2 amide bonds. The number of rotatable bonds is 11. The molecule has 0 saturated heterocycles. The number of nitrogens with one attached hydrogen (secondary N) is 1. The molecule has 2 aromatic carbocycles. The Hall–Kier alpha value is -2.29. The van der Waals surface area contributed by atoms with Gasteiger partial charge in [-0.15, -0.1) is 0 Å². The second-order valence-corrected chi connectivity index (χ2v) is 10.4. The van der Waals surface area contributed by atoms with Gasteiger partial charge in [-0.05, 0) is 43.2 Å². The summed E-state index contributed by atoms with van der Waals surface area (Å²) >= 11 is 12.2. The fourth-order valence-corrected chi connectivity index (χ4v) is 4.43. The number of amides is 2. The number of para-hydroxylation sites is 1. The molecule has 2 rings (SSSR count). The highest BCUT2D eigenvalue weighted by Crippen LogP contribution is 2.27. The van der Waals surface area contributed by atoms with Crippen molar-refractivity contribution in [3.63, 3.8) is 0 Å². The van der Waals surface area contributed by atoms with E-state index in [1.807, 2.05) is 6.92 Å². The zero-order valence-corrected chi connectivity index (χ0v) is 21.3. The van der Waals surface area contributed by atoms with E-state index in [4.69, 9.17) is 23.2 Å². The molecule has 2 aromatic rings. The molecule has 0 spiro atoms. The van der Waals surface area contributed by atoms with Crippen LogP contribution < -0.4 is 9.62 Å². The highest BCUT2D eigenvalue weighted by atomic mass is 35.5. The van der Waals surface area contributed by atoms with Crippen LogP contribution in [-0.2, 0) is 26.2 Å². The van der Waals surface area contributed by atoms with Gasteiger partial charge in [0.05, 0.1) is 17.0 Å². The van der Waals surface area contributed by atoms with E-state index in [0.29, 0.717) is 11.6 Å². The Kier molecular flexibility index (Phi) is 10.0. The summed E-state index contributed by atoms with van der Waals surface area (Å²) in [6, 6.07) is 12.5. The van der Waals surface area contributed by atoms with Crippen molar-refractivity contribution in [1.82, 2.24) is 10.2 Å². The first-order valence-electron chi connectivity index (χ1n) is 10.6. The van der Waals surface area contributed by atoms with Crippen LogP contribution in [0.3, 0.4) is 0 Å². The van der Waals surface area contributed by atoms with E-state index in [2.05, 4.69) is 5.32 Å². The Morgan fingerprint density at radius 3 is 2.27 bits per heavy atom. The molecule has 0 heterocycles. The predicted octanol–water partition coefficient (Wildman–Crippen LogP) is 4.09. The van der Waals surface area contributed by atoms with Crippen LogP contribution in [0.5, 0.6) is 0 Å². The number of hydrogen-bond donors (Lipinski definition) is 1. The summed E-state index contributed by atoms with van der Waals surface area (Å²) in [5.74, 6) is -0.845. The van der Waals surface area contributed by atoms with Crippen LogP contribution in [0.2, 0.25) is 10.0 Å².